The minimum atomic E-state index is 0.565. The van der Waals surface area contributed by atoms with Crippen LogP contribution in [0.5, 0.6) is 0 Å². The van der Waals surface area contributed by atoms with E-state index < -0.39 is 0 Å². The molecule has 23 heavy (non-hydrogen) atoms. The van der Waals surface area contributed by atoms with Gasteiger partial charge in [0.2, 0.25) is 0 Å². The van der Waals surface area contributed by atoms with E-state index in [0.717, 1.165) is 12.8 Å². The minimum absolute atomic E-state index is 0.565. The first kappa shape index (κ1) is 22.6. The van der Waals surface area contributed by atoms with E-state index in [0.29, 0.717) is 5.41 Å². The summed E-state index contributed by atoms with van der Waals surface area (Å²) in [6.45, 7) is 9.37. The van der Waals surface area contributed by atoms with Crippen molar-refractivity contribution >= 4 is 0 Å². The summed E-state index contributed by atoms with van der Waals surface area (Å²) in [5, 5.41) is 0. The summed E-state index contributed by atoms with van der Waals surface area (Å²) >= 11 is 0. The second kappa shape index (κ2) is 16.4. The molecule has 0 aliphatic heterocycles. The fourth-order valence-electron chi connectivity index (χ4n) is 3.25. The molecule has 0 aromatic heterocycles. The first-order chi connectivity index (χ1) is 11.1. The van der Waals surface area contributed by atoms with Crippen LogP contribution in [0.15, 0.2) is 0 Å². The maximum absolute atomic E-state index is 3.24. The largest absolute Gasteiger partial charge is 0.104 e. The molecular weight excluding hydrogens is 276 g/mol. The third kappa shape index (κ3) is 17.7. The quantitative estimate of drug-likeness (QED) is 0.210. The minimum Gasteiger partial charge on any atom is -0.104 e. The van der Waals surface area contributed by atoms with Crippen LogP contribution in [0.4, 0.5) is 0 Å². The summed E-state index contributed by atoms with van der Waals surface area (Å²) in [6, 6.07) is 0. The lowest BCUT2D eigenvalue weighted by atomic mass is 9.82. The van der Waals surface area contributed by atoms with Crippen molar-refractivity contribution in [3.8, 4) is 11.8 Å². The Balaban J connectivity index is 3.39. The third-order valence-electron chi connectivity index (χ3n) is 4.91. The number of unbranched alkanes of at least 4 members (excludes halogenated alkanes) is 11. The molecule has 0 aliphatic rings. The van der Waals surface area contributed by atoms with Crippen LogP contribution in [0.1, 0.15) is 130 Å². The summed E-state index contributed by atoms with van der Waals surface area (Å²) in [4.78, 5) is 0. The molecule has 0 atom stereocenters. The van der Waals surface area contributed by atoms with Gasteiger partial charge in [0, 0.05) is 12.8 Å². The molecule has 0 heterocycles. The van der Waals surface area contributed by atoms with Crippen molar-refractivity contribution in [1.82, 2.24) is 0 Å². The fraction of sp³-hybridized carbons (Fsp3) is 0.913. The zero-order valence-electron chi connectivity index (χ0n) is 16.8. The molecule has 0 N–H and O–H groups in total. The van der Waals surface area contributed by atoms with E-state index in [-0.39, 0.29) is 0 Å². The van der Waals surface area contributed by atoms with Gasteiger partial charge in [0.15, 0.2) is 0 Å². The molecule has 0 fully saturated rings. The highest BCUT2D eigenvalue weighted by Gasteiger charge is 2.16. The monoisotopic (exact) mass is 320 g/mol. The molecule has 136 valence electrons. The zero-order chi connectivity index (χ0) is 17.2. The van der Waals surface area contributed by atoms with Crippen LogP contribution in [-0.2, 0) is 0 Å². The number of rotatable bonds is 15. The molecule has 0 spiro atoms. The molecule has 0 aromatic carbocycles. The van der Waals surface area contributed by atoms with Gasteiger partial charge < -0.3 is 0 Å². The first-order valence-corrected chi connectivity index (χ1v) is 10.6. The fourth-order valence-corrected chi connectivity index (χ4v) is 3.25. The Kier molecular flexibility index (Phi) is 16.1. The molecule has 0 aromatic rings. The van der Waals surface area contributed by atoms with Gasteiger partial charge in [0.25, 0.3) is 0 Å². The van der Waals surface area contributed by atoms with Gasteiger partial charge in [-0.2, -0.15) is 0 Å². The van der Waals surface area contributed by atoms with E-state index in [9.17, 15) is 0 Å². The average molecular weight is 321 g/mol. The summed E-state index contributed by atoms with van der Waals surface area (Å²) in [6.07, 6.45) is 21.9. The summed E-state index contributed by atoms with van der Waals surface area (Å²) < 4.78 is 0. The third-order valence-corrected chi connectivity index (χ3v) is 4.91. The molecule has 0 nitrogen and oxygen atoms in total. The maximum atomic E-state index is 3.24. The lowest BCUT2D eigenvalue weighted by molar-refractivity contribution is 0.282. The van der Waals surface area contributed by atoms with Crippen molar-refractivity contribution in [1.29, 1.82) is 0 Å². The molecule has 0 saturated carbocycles. The summed E-state index contributed by atoms with van der Waals surface area (Å²) in [7, 11) is 0. The number of hydrogen-bond acceptors (Lipinski definition) is 0. The van der Waals surface area contributed by atoms with Crippen molar-refractivity contribution in [2.45, 2.75) is 130 Å². The van der Waals surface area contributed by atoms with Gasteiger partial charge in [0.05, 0.1) is 0 Å². The molecular formula is C23H44. The molecule has 0 saturated heterocycles. The van der Waals surface area contributed by atoms with Gasteiger partial charge in [-0.1, -0.05) is 98.3 Å². The Labute approximate surface area is 148 Å². The smallest absolute Gasteiger partial charge is 0.00886 e. The molecule has 0 heteroatoms. The van der Waals surface area contributed by atoms with Crippen LogP contribution < -0.4 is 0 Å². The Morgan fingerprint density at radius 2 is 1.04 bits per heavy atom. The van der Waals surface area contributed by atoms with Crippen LogP contribution >= 0.6 is 0 Å². The van der Waals surface area contributed by atoms with Gasteiger partial charge in [0.1, 0.15) is 0 Å². The van der Waals surface area contributed by atoms with Crippen LogP contribution in [-0.4, -0.2) is 0 Å². The lowest BCUT2D eigenvalue weighted by Crippen LogP contribution is -2.11. The van der Waals surface area contributed by atoms with Crippen molar-refractivity contribution in [3.63, 3.8) is 0 Å². The first-order valence-electron chi connectivity index (χ1n) is 10.6. The molecule has 0 radical (unpaired) electrons. The van der Waals surface area contributed by atoms with Crippen LogP contribution in [0, 0.1) is 17.3 Å². The Bertz CT molecular complexity index is 289. The van der Waals surface area contributed by atoms with Gasteiger partial charge in [-0.15, -0.1) is 11.8 Å². The van der Waals surface area contributed by atoms with E-state index >= 15 is 0 Å². The zero-order valence-corrected chi connectivity index (χ0v) is 16.8. The Morgan fingerprint density at radius 3 is 1.57 bits per heavy atom. The molecule has 0 amide bonds. The van der Waals surface area contributed by atoms with Crippen LogP contribution in [0.3, 0.4) is 0 Å². The topological polar surface area (TPSA) is 0 Å². The summed E-state index contributed by atoms with van der Waals surface area (Å²) in [5.74, 6) is 6.40. The number of hydrogen-bond donors (Lipinski definition) is 0. The predicted octanol–water partition coefficient (Wildman–Crippen LogP) is 8.30. The second-order valence-electron chi connectivity index (χ2n) is 8.01. The SMILES string of the molecule is CCC#CCCCCCCCC(C)(C)CCCCCCCCC. The van der Waals surface area contributed by atoms with Gasteiger partial charge in [-0.25, -0.2) is 0 Å². The normalized spacial score (nSPS) is 11.3. The summed E-state index contributed by atoms with van der Waals surface area (Å²) in [5.41, 5.74) is 0.565. The van der Waals surface area contributed by atoms with E-state index in [1.807, 2.05) is 0 Å². The standard InChI is InChI=1S/C23H44/c1-5-7-9-11-13-14-16-18-20-22-23(3,4)21-19-17-15-12-10-8-6-2/h5-6,8,10-22H2,1-4H3. The van der Waals surface area contributed by atoms with Crippen molar-refractivity contribution in [2.24, 2.45) is 5.41 Å². The molecule has 0 bridgehead atoms. The van der Waals surface area contributed by atoms with Crippen LogP contribution in [0.2, 0.25) is 0 Å². The van der Waals surface area contributed by atoms with Gasteiger partial charge in [-0.3, -0.25) is 0 Å². The average Bonchev–Trinajstić information content (AvgIpc) is 2.52. The van der Waals surface area contributed by atoms with Gasteiger partial charge in [-0.05, 0) is 24.7 Å². The van der Waals surface area contributed by atoms with E-state index in [1.54, 1.807) is 0 Å². The van der Waals surface area contributed by atoms with Gasteiger partial charge >= 0.3 is 0 Å². The molecule has 0 rings (SSSR count). The highest BCUT2D eigenvalue weighted by molar-refractivity contribution is 4.97. The molecule has 0 aliphatic carbocycles. The lowest BCUT2D eigenvalue weighted by Gasteiger charge is -2.24. The maximum Gasteiger partial charge on any atom is 0.00886 e. The molecule has 0 unspecified atom stereocenters. The van der Waals surface area contributed by atoms with Crippen molar-refractivity contribution in [2.75, 3.05) is 0 Å². The van der Waals surface area contributed by atoms with Crippen molar-refractivity contribution < 1.29 is 0 Å². The Hall–Kier alpha value is -0.440. The Morgan fingerprint density at radius 1 is 0.565 bits per heavy atom. The predicted molar refractivity (Wildman–Crippen MR) is 107 cm³/mol. The van der Waals surface area contributed by atoms with E-state index in [1.165, 1.54) is 89.9 Å². The van der Waals surface area contributed by atoms with Crippen molar-refractivity contribution in [3.05, 3.63) is 0 Å². The van der Waals surface area contributed by atoms with Crippen LogP contribution in [0.25, 0.3) is 0 Å². The second-order valence-corrected chi connectivity index (χ2v) is 8.01. The van der Waals surface area contributed by atoms with E-state index in [2.05, 4.69) is 39.5 Å². The highest BCUT2D eigenvalue weighted by Crippen LogP contribution is 2.30. The van der Waals surface area contributed by atoms with E-state index in [4.69, 9.17) is 0 Å². The highest BCUT2D eigenvalue weighted by atomic mass is 14.2.